The molecule has 3 aliphatic rings. The maximum Gasteiger partial charge on any atom is 0.321 e. The van der Waals surface area contributed by atoms with E-state index in [2.05, 4.69) is 34.9 Å². The van der Waals surface area contributed by atoms with E-state index in [4.69, 9.17) is 0 Å². The Morgan fingerprint density at radius 3 is 2.95 bits per heavy atom. The number of carbonyl (C=O) groups is 1. The van der Waals surface area contributed by atoms with Gasteiger partial charge in [-0.1, -0.05) is 18.2 Å². The van der Waals surface area contributed by atoms with Crippen LogP contribution < -0.4 is 15.5 Å². The predicted octanol–water partition coefficient (Wildman–Crippen LogP) is 2.84. The minimum absolute atomic E-state index is 0.00499. The largest absolute Gasteiger partial charge is 0.385 e. The predicted molar refractivity (Wildman–Crippen MR) is 84.5 cm³/mol. The van der Waals surface area contributed by atoms with Crippen LogP contribution in [0.1, 0.15) is 12.8 Å². The van der Waals surface area contributed by atoms with Gasteiger partial charge in [-0.3, -0.25) is 4.90 Å². The summed E-state index contributed by atoms with van der Waals surface area (Å²) in [5.41, 5.74) is 2.08. The van der Waals surface area contributed by atoms with Crippen LogP contribution in [0.3, 0.4) is 0 Å². The molecule has 1 heterocycles. The molecule has 3 unspecified atom stereocenters. The summed E-state index contributed by atoms with van der Waals surface area (Å²) in [4.78, 5) is 13.5. The molecule has 0 aromatic heterocycles. The highest BCUT2D eigenvalue weighted by Gasteiger charge is 2.35. The number of hydrogen-bond acceptors (Lipinski definition) is 2. The van der Waals surface area contributed by atoms with Gasteiger partial charge in [0.15, 0.2) is 0 Å². The maximum atomic E-state index is 11.7. The highest BCUT2D eigenvalue weighted by Crippen LogP contribution is 2.43. The number of anilines is 2. The first-order chi connectivity index (χ1) is 10.3. The van der Waals surface area contributed by atoms with E-state index in [1.807, 2.05) is 12.1 Å². The van der Waals surface area contributed by atoms with E-state index >= 15 is 0 Å². The molecule has 1 saturated carbocycles. The Balaban J connectivity index is 1.41. The number of allylic oxidation sites excluding steroid dienone is 2. The molecule has 4 rings (SSSR count). The number of fused-ring (bicyclic) bond motifs is 2. The zero-order chi connectivity index (χ0) is 14.2. The molecule has 0 spiro atoms. The summed E-state index contributed by atoms with van der Waals surface area (Å²) in [6, 6.07) is 8.18. The summed E-state index contributed by atoms with van der Waals surface area (Å²) in [5.74, 6) is 2.36. The van der Waals surface area contributed by atoms with Crippen LogP contribution in [0.15, 0.2) is 36.4 Å². The fraction of sp³-hybridized carbons (Fsp3) is 0.471. The first-order valence-electron chi connectivity index (χ1n) is 7.87. The van der Waals surface area contributed by atoms with Gasteiger partial charge in [0.05, 0.1) is 0 Å². The summed E-state index contributed by atoms with van der Waals surface area (Å²) < 4.78 is 0. The van der Waals surface area contributed by atoms with Crippen molar-refractivity contribution in [3.63, 3.8) is 0 Å². The van der Waals surface area contributed by atoms with Crippen LogP contribution in [0.2, 0.25) is 0 Å². The highest BCUT2D eigenvalue weighted by molar-refractivity contribution is 5.94. The Labute approximate surface area is 125 Å². The van der Waals surface area contributed by atoms with E-state index in [0.29, 0.717) is 0 Å². The number of urea groups is 1. The average molecular weight is 283 g/mol. The smallest absolute Gasteiger partial charge is 0.321 e. The van der Waals surface area contributed by atoms with Crippen LogP contribution in [0.5, 0.6) is 0 Å². The molecule has 1 saturated heterocycles. The number of carbonyl (C=O) groups excluding carboxylic acids is 1. The molecular weight excluding hydrogens is 262 g/mol. The molecule has 4 heteroatoms. The third kappa shape index (κ3) is 2.39. The molecule has 1 aromatic carbocycles. The molecule has 2 bridgehead atoms. The van der Waals surface area contributed by atoms with Gasteiger partial charge in [-0.15, -0.1) is 0 Å². The Morgan fingerprint density at radius 2 is 2.24 bits per heavy atom. The first kappa shape index (κ1) is 12.7. The third-order valence-electron chi connectivity index (χ3n) is 5.00. The van der Waals surface area contributed by atoms with Gasteiger partial charge in [0, 0.05) is 31.0 Å². The number of benzene rings is 1. The number of nitrogens with one attached hydrogen (secondary N) is 2. The topological polar surface area (TPSA) is 44.4 Å². The molecule has 4 nitrogen and oxygen atoms in total. The highest BCUT2D eigenvalue weighted by atomic mass is 16.2. The van der Waals surface area contributed by atoms with Gasteiger partial charge in [-0.05, 0) is 48.8 Å². The normalized spacial score (nSPS) is 30.0. The molecule has 0 radical (unpaired) electrons. The number of nitrogens with zero attached hydrogens (tertiary/aromatic N) is 1. The zero-order valence-electron chi connectivity index (χ0n) is 12.1. The molecule has 2 aliphatic carbocycles. The lowest BCUT2D eigenvalue weighted by Crippen LogP contribution is -2.27. The van der Waals surface area contributed by atoms with Crippen LogP contribution in [0, 0.1) is 17.8 Å². The molecule has 2 fully saturated rings. The molecule has 2 N–H and O–H groups in total. The van der Waals surface area contributed by atoms with Crippen molar-refractivity contribution in [2.45, 2.75) is 12.8 Å². The van der Waals surface area contributed by atoms with Crippen molar-refractivity contribution in [1.29, 1.82) is 0 Å². The Bertz CT molecular complexity index is 583. The fourth-order valence-corrected chi connectivity index (χ4v) is 3.88. The lowest BCUT2D eigenvalue weighted by Gasteiger charge is -2.20. The Morgan fingerprint density at radius 1 is 1.29 bits per heavy atom. The van der Waals surface area contributed by atoms with Gasteiger partial charge < -0.3 is 10.6 Å². The molecule has 21 heavy (non-hydrogen) atoms. The summed E-state index contributed by atoms with van der Waals surface area (Å²) in [6.07, 6.45) is 7.45. The summed E-state index contributed by atoms with van der Waals surface area (Å²) in [7, 11) is 0. The molecule has 110 valence electrons. The fourth-order valence-electron chi connectivity index (χ4n) is 3.88. The van der Waals surface area contributed by atoms with Crippen molar-refractivity contribution in [3.05, 3.63) is 36.4 Å². The molecular formula is C17H21N3O. The van der Waals surface area contributed by atoms with E-state index in [1.165, 1.54) is 12.8 Å². The second-order valence-electron chi connectivity index (χ2n) is 6.36. The Hall–Kier alpha value is -1.97. The van der Waals surface area contributed by atoms with E-state index in [1.54, 1.807) is 4.90 Å². The average Bonchev–Trinajstić information content (AvgIpc) is 3.21. The number of rotatable bonds is 4. The van der Waals surface area contributed by atoms with Crippen LogP contribution in [0.4, 0.5) is 16.2 Å². The van der Waals surface area contributed by atoms with Crippen LogP contribution in [-0.2, 0) is 0 Å². The van der Waals surface area contributed by atoms with Crippen LogP contribution >= 0.6 is 0 Å². The number of amides is 2. The summed E-state index contributed by atoms with van der Waals surface area (Å²) in [5, 5.41) is 6.40. The van der Waals surface area contributed by atoms with Crippen LogP contribution in [-0.4, -0.2) is 25.7 Å². The Kier molecular flexibility index (Phi) is 3.09. The number of hydrogen-bond donors (Lipinski definition) is 2. The van der Waals surface area contributed by atoms with Gasteiger partial charge in [0.25, 0.3) is 0 Å². The standard InChI is InChI=1S/C17H21N3O/c21-17-18-6-7-20(17)16-3-1-2-15(10-16)19-11-14-9-12-4-5-13(14)8-12/h1-5,10,12-14,19H,6-9,11H2,(H,18,21). The lowest BCUT2D eigenvalue weighted by molar-refractivity contribution is 0.252. The molecule has 1 aromatic rings. The maximum absolute atomic E-state index is 11.7. The van der Waals surface area contributed by atoms with Gasteiger partial charge in [0.2, 0.25) is 0 Å². The van der Waals surface area contributed by atoms with Gasteiger partial charge in [-0.2, -0.15) is 0 Å². The third-order valence-corrected chi connectivity index (χ3v) is 5.00. The summed E-state index contributed by atoms with van der Waals surface area (Å²) in [6.45, 7) is 2.51. The van der Waals surface area contributed by atoms with Crippen molar-refractivity contribution in [2.75, 3.05) is 29.9 Å². The quantitative estimate of drug-likeness (QED) is 0.835. The SMILES string of the molecule is O=C1NCCN1c1cccc(NCC2CC3C=CC2C3)c1. The second-order valence-corrected chi connectivity index (χ2v) is 6.36. The lowest BCUT2D eigenvalue weighted by atomic mass is 9.93. The second kappa shape index (κ2) is 5.10. The van der Waals surface area contributed by atoms with Crippen molar-refractivity contribution in [3.8, 4) is 0 Å². The van der Waals surface area contributed by atoms with Gasteiger partial charge >= 0.3 is 6.03 Å². The molecule has 2 amide bonds. The monoisotopic (exact) mass is 283 g/mol. The zero-order valence-corrected chi connectivity index (χ0v) is 12.1. The minimum atomic E-state index is 0.00499. The minimum Gasteiger partial charge on any atom is -0.385 e. The van der Waals surface area contributed by atoms with E-state index in [-0.39, 0.29) is 6.03 Å². The van der Waals surface area contributed by atoms with E-state index in [0.717, 1.165) is 48.8 Å². The van der Waals surface area contributed by atoms with Gasteiger partial charge in [0.1, 0.15) is 0 Å². The van der Waals surface area contributed by atoms with Crippen molar-refractivity contribution in [1.82, 2.24) is 5.32 Å². The summed E-state index contributed by atoms with van der Waals surface area (Å²) >= 11 is 0. The van der Waals surface area contributed by atoms with E-state index in [9.17, 15) is 4.79 Å². The molecule has 1 aliphatic heterocycles. The van der Waals surface area contributed by atoms with Crippen molar-refractivity contribution < 1.29 is 4.79 Å². The molecule has 3 atom stereocenters. The first-order valence-corrected chi connectivity index (χ1v) is 7.87. The van der Waals surface area contributed by atoms with Crippen molar-refractivity contribution in [2.24, 2.45) is 17.8 Å². The van der Waals surface area contributed by atoms with Crippen LogP contribution in [0.25, 0.3) is 0 Å². The van der Waals surface area contributed by atoms with Gasteiger partial charge in [-0.25, -0.2) is 4.79 Å². The van der Waals surface area contributed by atoms with Crippen molar-refractivity contribution >= 4 is 17.4 Å². The van der Waals surface area contributed by atoms with E-state index < -0.39 is 0 Å².